The molecule has 1 aromatic carbocycles. The lowest BCUT2D eigenvalue weighted by Gasteiger charge is -2.21. The van der Waals surface area contributed by atoms with Gasteiger partial charge in [0.1, 0.15) is 17.2 Å². The Morgan fingerprint density at radius 3 is 2.48 bits per heavy atom. The van der Waals surface area contributed by atoms with Crippen molar-refractivity contribution in [3.63, 3.8) is 0 Å². The van der Waals surface area contributed by atoms with Gasteiger partial charge in [-0.3, -0.25) is 5.10 Å². The third kappa shape index (κ3) is 5.38. The minimum absolute atomic E-state index is 0.0955. The van der Waals surface area contributed by atoms with Crippen LogP contribution in [0.1, 0.15) is 37.9 Å². The maximum atomic E-state index is 15.0. The Labute approximate surface area is 191 Å². The van der Waals surface area contributed by atoms with E-state index in [1.807, 2.05) is 0 Å². The fourth-order valence-corrected chi connectivity index (χ4v) is 3.34. The van der Waals surface area contributed by atoms with E-state index in [0.29, 0.717) is 11.4 Å². The smallest absolute Gasteiger partial charge is 0.425 e. The molecule has 2 aromatic heterocycles. The van der Waals surface area contributed by atoms with Crippen molar-refractivity contribution in [1.82, 2.24) is 25.0 Å². The van der Waals surface area contributed by atoms with E-state index < -0.39 is 23.7 Å². The summed E-state index contributed by atoms with van der Waals surface area (Å²) < 4.78 is 61.0. The zero-order valence-corrected chi connectivity index (χ0v) is 19.2. The molecule has 0 amide bonds. The first-order valence-electron chi connectivity index (χ1n) is 9.83. The first-order chi connectivity index (χ1) is 15.2. The van der Waals surface area contributed by atoms with E-state index in [2.05, 4.69) is 25.6 Å². The van der Waals surface area contributed by atoms with Crippen LogP contribution in [0.2, 0.25) is 5.15 Å². The molecule has 3 rings (SSSR count). The first kappa shape index (κ1) is 24.8. The number of halogens is 5. The van der Waals surface area contributed by atoms with Crippen LogP contribution in [0.15, 0.2) is 12.1 Å². The highest BCUT2D eigenvalue weighted by molar-refractivity contribution is 6.32. The van der Waals surface area contributed by atoms with Gasteiger partial charge in [0, 0.05) is 19.2 Å². The number of rotatable bonds is 7. The molecule has 3 aromatic rings. The van der Waals surface area contributed by atoms with Crippen LogP contribution >= 0.6 is 11.6 Å². The molecule has 0 unspecified atom stereocenters. The average molecular weight is 491 g/mol. The summed E-state index contributed by atoms with van der Waals surface area (Å²) in [4.78, 5) is 4.16. The van der Waals surface area contributed by atoms with E-state index in [-0.39, 0.29) is 40.2 Å². The van der Waals surface area contributed by atoms with E-state index >= 15 is 4.39 Å². The molecule has 33 heavy (non-hydrogen) atoms. The highest BCUT2D eigenvalue weighted by atomic mass is 35.5. The molecule has 13 heteroatoms. The Morgan fingerprint density at radius 1 is 1.30 bits per heavy atom. The summed E-state index contributed by atoms with van der Waals surface area (Å²) in [6, 6.07) is 2.16. The number of anilines is 1. The number of nitrogens with one attached hydrogen (secondary N) is 2. The minimum atomic E-state index is -4.64. The molecule has 0 aliphatic heterocycles. The van der Waals surface area contributed by atoms with E-state index in [1.54, 1.807) is 6.92 Å². The van der Waals surface area contributed by atoms with Crippen LogP contribution in [0.5, 0.6) is 5.75 Å². The van der Waals surface area contributed by atoms with Crippen LogP contribution in [0.4, 0.5) is 23.2 Å². The molecule has 8 nitrogen and oxygen atoms in total. The van der Waals surface area contributed by atoms with E-state index in [4.69, 9.17) is 16.3 Å². The predicted octanol–water partition coefficient (Wildman–Crippen LogP) is 4.48. The van der Waals surface area contributed by atoms with Crippen molar-refractivity contribution >= 4 is 17.3 Å². The molecule has 0 fully saturated rings. The molecular formula is C20H23ClF4N6O2. The van der Waals surface area contributed by atoms with Crippen LogP contribution in [-0.4, -0.2) is 42.3 Å². The summed E-state index contributed by atoms with van der Waals surface area (Å²) in [7, 11) is 1.51. The number of benzene rings is 1. The van der Waals surface area contributed by atoms with E-state index in [1.165, 1.54) is 25.6 Å². The molecule has 0 bridgehead atoms. The number of aromatic amines is 1. The van der Waals surface area contributed by atoms with Gasteiger partial charge >= 0.3 is 6.18 Å². The van der Waals surface area contributed by atoms with Crippen molar-refractivity contribution in [2.24, 2.45) is 7.05 Å². The molecule has 2 heterocycles. The Hall–Kier alpha value is -2.86. The van der Waals surface area contributed by atoms with Gasteiger partial charge < -0.3 is 15.2 Å². The van der Waals surface area contributed by atoms with Gasteiger partial charge in [0.15, 0.2) is 22.9 Å². The molecule has 0 spiro atoms. The lowest BCUT2D eigenvalue weighted by molar-refractivity contribution is -0.189. The Kier molecular flexibility index (Phi) is 6.62. The van der Waals surface area contributed by atoms with Gasteiger partial charge in [-0.15, -0.1) is 0 Å². The second-order valence-electron chi connectivity index (χ2n) is 8.05. The molecular weight excluding hydrogens is 468 g/mol. The van der Waals surface area contributed by atoms with Crippen LogP contribution in [-0.2, 0) is 19.2 Å². The summed E-state index contributed by atoms with van der Waals surface area (Å²) >= 11 is 5.99. The van der Waals surface area contributed by atoms with Crippen LogP contribution < -0.4 is 10.1 Å². The third-order valence-electron chi connectivity index (χ3n) is 4.82. The van der Waals surface area contributed by atoms with Gasteiger partial charge in [-0.05, 0) is 39.8 Å². The summed E-state index contributed by atoms with van der Waals surface area (Å²) in [6.45, 7) is 5.41. The summed E-state index contributed by atoms with van der Waals surface area (Å²) in [6.07, 6.45) is -6.79. The van der Waals surface area contributed by atoms with Crippen molar-refractivity contribution < 1.29 is 27.4 Å². The molecule has 0 radical (unpaired) electrons. The highest BCUT2D eigenvalue weighted by Crippen LogP contribution is 2.34. The van der Waals surface area contributed by atoms with Crippen molar-refractivity contribution in [2.75, 3.05) is 5.32 Å². The van der Waals surface area contributed by atoms with Gasteiger partial charge in [0.25, 0.3) is 0 Å². The molecule has 0 aliphatic rings. The molecule has 3 N–H and O–H groups in total. The van der Waals surface area contributed by atoms with Gasteiger partial charge in [0.2, 0.25) is 0 Å². The highest BCUT2D eigenvalue weighted by Gasteiger charge is 2.38. The largest absolute Gasteiger partial charge is 0.481 e. The number of aromatic nitrogens is 5. The summed E-state index contributed by atoms with van der Waals surface area (Å²) in [5.41, 5.74) is -0.404. The minimum Gasteiger partial charge on any atom is -0.481 e. The van der Waals surface area contributed by atoms with Gasteiger partial charge in [-0.2, -0.15) is 23.4 Å². The van der Waals surface area contributed by atoms with Crippen LogP contribution in [0.25, 0.3) is 11.4 Å². The summed E-state index contributed by atoms with van der Waals surface area (Å²) in [5.74, 6) is -0.941. The van der Waals surface area contributed by atoms with Crippen LogP contribution in [0, 0.1) is 12.7 Å². The normalized spacial score (nSPS) is 13.3. The van der Waals surface area contributed by atoms with E-state index in [0.717, 1.165) is 19.1 Å². The number of H-pyrrole nitrogens is 1. The summed E-state index contributed by atoms with van der Waals surface area (Å²) in [5, 5.41) is 23.9. The van der Waals surface area contributed by atoms with Gasteiger partial charge in [0.05, 0.1) is 16.9 Å². The fraction of sp³-hybridized carbons (Fsp3) is 0.450. The SMILES string of the molecule is Cc1[nH]nc(Cl)c1NCc1cc(F)c(-c2nc(C(C)(C)O)n(C)n2)cc1O[C@@H](C)C(F)(F)F. The number of ether oxygens (including phenoxy) is 1. The van der Waals surface area contributed by atoms with Crippen LogP contribution in [0.3, 0.4) is 0 Å². The first-order valence-corrected chi connectivity index (χ1v) is 10.2. The molecule has 180 valence electrons. The second-order valence-corrected chi connectivity index (χ2v) is 8.41. The van der Waals surface area contributed by atoms with E-state index in [9.17, 15) is 18.3 Å². The lowest BCUT2D eigenvalue weighted by Crippen LogP contribution is -2.31. The maximum Gasteiger partial charge on any atom is 0.425 e. The average Bonchev–Trinajstić information content (AvgIpc) is 3.23. The number of hydrogen-bond acceptors (Lipinski definition) is 6. The Bertz CT molecular complexity index is 1130. The van der Waals surface area contributed by atoms with Crippen molar-refractivity contribution in [3.05, 3.63) is 40.2 Å². The molecule has 0 aliphatic carbocycles. The van der Waals surface area contributed by atoms with Gasteiger partial charge in [-0.1, -0.05) is 11.6 Å². The molecule has 1 atom stereocenters. The number of aryl methyl sites for hydroxylation is 2. The monoisotopic (exact) mass is 490 g/mol. The van der Waals surface area contributed by atoms with Gasteiger partial charge in [-0.25, -0.2) is 14.1 Å². The Morgan fingerprint density at radius 2 is 1.97 bits per heavy atom. The Balaban J connectivity index is 2.04. The number of alkyl halides is 3. The fourth-order valence-electron chi connectivity index (χ4n) is 3.09. The standard InChI is InChI=1S/C20H23ClF4N6O2/c1-9-15(16(21)29-28-9)26-8-11-6-13(22)12(7-14(11)33-10(2)20(23,24)25)17-27-18(19(3,4)32)31(5)30-17/h6-7,10,26,32H,8H2,1-5H3,(H,28,29)/t10-/m0/s1. The molecule has 0 saturated carbocycles. The number of hydrogen-bond donors (Lipinski definition) is 3. The quantitative estimate of drug-likeness (QED) is 0.422. The topological polar surface area (TPSA) is 101 Å². The maximum absolute atomic E-state index is 15.0. The number of nitrogens with zero attached hydrogens (tertiary/aromatic N) is 4. The number of aliphatic hydroxyl groups is 1. The molecule has 0 saturated heterocycles. The third-order valence-corrected chi connectivity index (χ3v) is 5.10. The zero-order chi connectivity index (χ0) is 24.7. The second kappa shape index (κ2) is 8.82. The van der Waals surface area contributed by atoms with Crippen molar-refractivity contribution in [3.8, 4) is 17.1 Å². The van der Waals surface area contributed by atoms with Crippen molar-refractivity contribution in [1.29, 1.82) is 0 Å². The zero-order valence-electron chi connectivity index (χ0n) is 18.5. The van der Waals surface area contributed by atoms with Crippen molar-refractivity contribution in [2.45, 2.75) is 52.1 Å². The predicted molar refractivity (Wildman–Crippen MR) is 113 cm³/mol. The lowest BCUT2D eigenvalue weighted by atomic mass is 10.1.